The maximum absolute atomic E-state index is 12.9. The summed E-state index contributed by atoms with van der Waals surface area (Å²) in [7, 11) is 0. The van der Waals surface area contributed by atoms with Gasteiger partial charge in [-0.1, -0.05) is 29.8 Å². The summed E-state index contributed by atoms with van der Waals surface area (Å²) in [4.78, 5) is 18.0. The molecule has 25 heavy (non-hydrogen) atoms. The van der Waals surface area contributed by atoms with Gasteiger partial charge < -0.3 is 9.47 Å². The number of carbonyl (C=O) groups excluding carboxylic acids is 1. The van der Waals surface area contributed by atoms with Crippen molar-refractivity contribution < 1.29 is 14.3 Å². The molecule has 130 valence electrons. The van der Waals surface area contributed by atoms with E-state index in [4.69, 9.17) is 21.1 Å². The van der Waals surface area contributed by atoms with Crippen molar-refractivity contribution in [3.05, 3.63) is 52.4 Å². The molecule has 0 bridgehead atoms. The van der Waals surface area contributed by atoms with Crippen molar-refractivity contribution in [3.63, 3.8) is 0 Å². The van der Waals surface area contributed by atoms with Gasteiger partial charge in [-0.05, 0) is 30.5 Å². The maximum Gasteiger partial charge on any atom is 0.336 e. The first-order valence-corrected chi connectivity index (χ1v) is 8.97. The topological polar surface area (TPSA) is 66.2 Å². The fraction of sp³-hybridized carbons (Fsp3) is 0.235. The molecule has 6 nitrogen and oxygen atoms in total. The second kappa shape index (κ2) is 8.24. The Bertz CT molecular complexity index is 849. The van der Waals surface area contributed by atoms with Gasteiger partial charge in [-0.25, -0.2) is 0 Å². The van der Waals surface area contributed by atoms with Gasteiger partial charge in [0.15, 0.2) is 5.82 Å². The van der Waals surface area contributed by atoms with Crippen LogP contribution in [0.25, 0.3) is 10.7 Å². The second-order valence-corrected chi connectivity index (χ2v) is 6.29. The van der Waals surface area contributed by atoms with Crippen LogP contribution in [0.3, 0.4) is 0 Å². The van der Waals surface area contributed by atoms with Crippen LogP contribution >= 0.6 is 22.9 Å². The third-order valence-corrected chi connectivity index (χ3v) is 4.48. The number of aromatic nitrogens is 3. The second-order valence-electron chi connectivity index (χ2n) is 4.94. The Kier molecular flexibility index (Phi) is 5.80. The molecule has 3 aromatic rings. The maximum atomic E-state index is 12.9. The number of hydrogen-bond donors (Lipinski definition) is 0. The number of benzene rings is 1. The first kappa shape index (κ1) is 17.6. The van der Waals surface area contributed by atoms with E-state index in [1.54, 1.807) is 24.3 Å². The summed E-state index contributed by atoms with van der Waals surface area (Å²) in [6.07, 6.45) is 0. The first-order valence-electron chi connectivity index (χ1n) is 7.71. The van der Waals surface area contributed by atoms with Crippen LogP contribution in [0.5, 0.6) is 6.01 Å². The van der Waals surface area contributed by atoms with Gasteiger partial charge in [0, 0.05) is 6.61 Å². The number of thiophene rings is 1. The smallest absolute Gasteiger partial charge is 0.336 e. The van der Waals surface area contributed by atoms with E-state index in [-0.39, 0.29) is 11.9 Å². The van der Waals surface area contributed by atoms with Crippen LogP contribution in [0.15, 0.2) is 41.8 Å². The molecule has 0 unspecified atom stereocenters. The highest BCUT2D eigenvalue weighted by Crippen LogP contribution is 2.26. The van der Waals surface area contributed by atoms with E-state index in [0.29, 0.717) is 36.2 Å². The van der Waals surface area contributed by atoms with Crippen LogP contribution in [0.2, 0.25) is 5.02 Å². The molecule has 0 atom stereocenters. The van der Waals surface area contributed by atoms with Crippen LogP contribution in [0, 0.1) is 0 Å². The molecule has 0 spiro atoms. The minimum absolute atomic E-state index is 0.128. The Morgan fingerprint density at radius 2 is 2.08 bits per heavy atom. The lowest BCUT2D eigenvalue weighted by Gasteiger charge is -2.04. The molecule has 0 amide bonds. The molecule has 3 rings (SSSR count). The lowest BCUT2D eigenvalue weighted by molar-refractivity contribution is 0.0938. The van der Waals surface area contributed by atoms with Gasteiger partial charge in [0.05, 0.1) is 22.1 Å². The molecular formula is C17H16ClN3O3S. The zero-order chi connectivity index (χ0) is 17.6. The minimum atomic E-state index is -0.360. The van der Waals surface area contributed by atoms with Gasteiger partial charge in [0.1, 0.15) is 6.61 Å². The average Bonchev–Trinajstić information content (AvgIpc) is 3.28. The van der Waals surface area contributed by atoms with E-state index in [0.717, 1.165) is 4.88 Å². The van der Waals surface area contributed by atoms with E-state index in [2.05, 4.69) is 10.1 Å². The normalized spacial score (nSPS) is 10.8. The minimum Gasteiger partial charge on any atom is -0.460 e. The SMILES string of the molecule is CCOCCOc1nc(-c2cccs2)n(C(=O)c2ccccc2Cl)n1. The predicted octanol–water partition coefficient (Wildman–Crippen LogP) is 3.76. The third-order valence-electron chi connectivity index (χ3n) is 3.29. The zero-order valence-corrected chi connectivity index (χ0v) is 15.1. The van der Waals surface area contributed by atoms with E-state index >= 15 is 0 Å². The van der Waals surface area contributed by atoms with Crippen molar-refractivity contribution in [1.82, 2.24) is 14.8 Å². The van der Waals surface area contributed by atoms with Gasteiger partial charge in [-0.2, -0.15) is 9.67 Å². The first-order chi connectivity index (χ1) is 12.2. The number of rotatable bonds is 7. The summed E-state index contributed by atoms with van der Waals surface area (Å²) >= 11 is 7.61. The van der Waals surface area contributed by atoms with Gasteiger partial charge >= 0.3 is 6.01 Å². The van der Waals surface area contributed by atoms with Crippen molar-refractivity contribution in [3.8, 4) is 16.7 Å². The van der Waals surface area contributed by atoms with Crippen molar-refractivity contribution in [1.29, 1.82) is 0 Å². The van der Waals surface area contributed by atoms with Crippen molar-refractivity contribution >= 4 is 28.8 Å². The van der Waals surface area contributed by atoms with E-state index < -0.39 is 0 Å². The molecule has 0 aliphatic carbocycles. The molecule has 0 aliphatic heterocycles. The number of carbonyl (C=O) groups is 1. The van der Waals surface area contributed by atoms with Gasteiger partial charge in [-0.15, -0.1) is 16.4 Å². The van der Waals surface area contributed by atoms with Gasteiger partial charge in [0.2, 0.25) is 0 Å². The van der Waals surface area contributed by atoms with E-state index in [1.165, 1.54) is 16.0 Å². The summed E-state index contributed by atoms with van der Waals surface area (Å²) in [6.45, 7) is 3.25. The fourth-order valence-electron chi connectivity index (χ4n) is 2.15. The number of ether oxygens (including phenoxy) is 2. The number of hydrogen-bond acceptors (Lipinski definition) is 6. The molecule has 0 N–H and O–H groups in total. The number of halogens is 1. The van der Waals surface area contributed by atoms with Gasteiger partial charge in [-0.3, -0.25) is 4.79 Å². The standard InChI is InChI=1S/C17H16ClN3O3S/c1-2-23-9-10-24-17-19-15(14-8-5-11-25-14)21(20-17)16(22)12-6-3-4-7-13(12)18/h3-8,11H,2,9-10H2,1H3. The molecule has 0 fully saturated rings. The third kappa shape index (κ3) is 4.07. The molecule has 0 saturated carbocycles. The summed E-state index contributed by atoms with van der Waals surface area (Å²) in [5.41, 5.74) is 0.354. The molecule has 2 heterocycles. The summed E-state index contributed by atoms with van der Waals surface area (Å²) < 4.78 is 11.9. The summed E-state index contributed by atoms with van der Waals surface area (Å²) in [5.74, 6) is 0.0625. The molecule has 1 aromatic carbocycles. The Morgan fingerprint density at radius 3 is 2.80 bits per heavy atom. The van der Waals surface area contributed by atoms with Crippen LogP contribution in [-0.2, 0) is 4.74 Å². The van der Waals surface area contributed by atoms with Crippen molar-refractivity contribution in [2.45, 2.75) is 6.92 Å². The lowest BCUT2D eigenvalue weighted by atomic mass is 10.2. The average molecular weight is 378 g/mol. The molecular weight excluding hydrogens is 362 g/mol. The summed E-state index contributed by atoms with van der Waals surface area (Å²) in [5, 5.41) is 6.47. The van der Waals surface area contributed by atoms with E-state index in [1.807, 2.05) is 24.4 Å². The van der Waals surface area contributed by atoms with Crippen LogP contribution in [0.4, 0.5) is 0 Å². The highest BCUT2D eigenvalue weighted by molar-refractivity contribution is 7.13. The largest absolute Gasteiger partial charge is 0.460 e. The Morgan fingerprint density at radius 1 is 1.24 bits per heavy atom. The van der Waals surface area contributed by atoms with Gasteiger partial charge in [0.25, 0.3) is 5.91 Å². The van der Waals surface area contributed by atoms with Crippen LogP contribution < -0.4 is 4.74 Å². The van der Waals surface area contributed by atoms with E-state index in [9.17, 15) is 4.79 Å². The molecule has 8 heteroatoms. The van der Waals surface area contributed by atoms with Crippen LogP contribution in [-0.4, -0.2) is 40.5 Å². The Balaban J connectivity index is 1.92. The molecule has 0 saturated heterocycles. The molecule has 0 radical (unpaired) electrons. The Labute approximate surface area is 154 Å². The van der Waals surface area contributed by atoms with Crippen molar-refractivity contribution in [2.24, 2.45) is 0 Å². The molecule has 2 aromatic heterocycles. The highest BCUT2D eigenvalue weighted by Gasteiger charge is 2.22. The fourth-order valence-corrected chi connectivity index (χ4v) is 3.06. The Hall–Kier alpha value is -2.22. The summed E-state index contributed by atoms with van der Waals surface area (Å²) in [6, 6.07) is 10.7. The highest BCUT2D eigenvalue weighted by atomic mass is 35.5. The monoisotopic (exact) mass is 377 g/mol. The lowest BCUT2D eigenvalue weighted by Crippen LogP contribution is -2.15. The van der Waals surface area contributed by atoms with Crippen LogP contribution in [0.1, 0.15) is 17.3 Å². The number of nitrogens with zero attached hydrogens (tertiary/aromatic N) is 3. The zero-order valence-electron chi connectivity index (χ0n) is 13.5. The quantitative estimate of drug-likeness (QED) is 0.586. The van der Waals surface area contributed by atoms with Crippen molar-refractivity contribution in [2.75, 3.05) is 19.8 Å². The predicted molar refractivity (Wildman–Crippen MR) is 96.5 cm³/mol. The molecule has 0 aliphatic rings.